The molecule has 1 saturated heterocycles. The third-order valence-electron chi connectivity index (χ3n) is 2.72. The zero-order chi connectivity index (χ0) is 12.2. The lowest BCUT2D eigenvalue weighted by molar-refractivity contribution is 0.126. The van der Waals surface area contributed by atoms with Gasteiger partial charge >= 0.3 is 0 Å². The monoisotopic (exact) mass is 256 g/mol. The van der Waals surface area contributed by atoms with Crippen molar-refractivity contribution < 1.29 is 17.2 Å². The predicted octanol–water partition coefficient (Wildman–Crippen LogP) is 0.513. The van der Waals surface area contributed by atoms with E-state index in [-0.39, 0.29) is 11.7 Å². The van der Waals surface area contributed by atoms with Gasteiger partial charge in [0.1, 0.15) is 0 Å². The summed E-state index contributed by atoms with van der Waals surface area (Å²) in [5, 5.41) is 3.11. The highest BCUT2D eigenvalue weighted by Gasteiger charge is 2.26. The van der Waals surface area contributed by atoms with Crippen molar-refractivity contribution in [1.29, 1.82) is 0 Å². The Kier molecular flexibility index (Phi) is 5.07. The minimum atomic E-state index is -3.54. The molecular weight excluding hydrogens is 238 g/mol. The van der Waals surface area contributed by atoms with Gasteiger partial charge in [0, 0.05) is 7.05 Å². The van der Waals surface area contributed by atoms with Crippen molar-refractivity contribution in [2.45, 2.75) is 19.3 Å². The maximum atomic E-state index is 12.1. The second kappa shape index (κ2) is 5.88. The summed E-state index contributed by atoms with van der Waals surface area (Å²) >= 11 is 0. The van der Waals surface area contributed by atoms with Crippen LogP contribution in [0, 0.1) is 5.92 Å². The summed E-state index contributed by atoms with van der Waals surface area (Å²) in [6, 6.07) is 0. The largest absolute Gasteiger partial charge is 0.316 e. The smallest absolute Gasteiger partial charge is 0.252 e. The van der Waals surface area contributed by atoms with E-state index >= 15 is 0 Å². The van der Waals surface area contributed by atoms with Gasteiger partial charge in [0.15, 0.2) is 0 Å². The normalized spacial score (nSPS) is 22.9. The van der Waals surface area contributed by atoms with Gasteiger partial charge in [0.25, 0.3) is 6.43 Å². The highest BCUT2D eigenvalue weighted by molar-refractivity contribution is 7.89. The van der Waals surface area contributed by atoms with Gasteiger partial charge in [-0.1, -0.05) is 0 Å². The molecule has 1 fully saturated rings. The molecular formula is C9H18F2N2O2S. The number of alkyl halides is 2. The molecule has 1 aliphatic heterocycles. The number of nitrogens with zero attached hydrogens (tertiary/aromatic N) is 1. The van der Waals surface area contributed by atoms with Gasteiger partial charge in [-0.15, -0.1) is 0 Å². The van der Waals surface area contributed by atoms with Crippen molar-refractivity contribution >= 4 is 10.0 Å². The molecule has 0 aliphatic carbocycles. The number of hydrogen-bond donors (Lipinski definition) is 1. The molecule has 0 spiro atoms. The van der Waals surface area contributed by atoms with Crippen LogP contribution >= 0.6 is 0 Å². The summed E-state index contributed by atoms with van der Waals surface area (Å²) in [5.41, 5.74) is 0. The lowest BCUT2D eigenvalue weighted by atomic mass is 10.0. The number of piperidine rings is 1. The topological polar surface area (TPSA) is 49.4 Å². The third kappa shape index (κ3) is 4.31. The standard InChI is InChI=1S/C9H18F2N2O2S/c1-13(6-9(10)11)16(14,15)7-8-3-2-4-12-5-8/h8-9,12H,2-7H2,1H3. The SMILES string of the molecule is CN(CC(F)F)S(=O)(=O)CC1CCCNC1. The Morgan fingerprint density at radius 1 is 1.50 bits per heavy atom. The Labute approximate surface area is 95.1 Å². The number of rotatable bonds is 5. The minimum Gasteiger partial charge on any atom is -0.316 e. The van der Waals surface area contributed by atoms with Gasteiger partial charge in [-0.05, 0) is 31.8 Å². The lowest BCUT2D eigenvalue weighted by Crippen LogP contribution is -2.39. The first-order valence-electron chi connectivity index (χ1n) is 5.34. The van der Waals surface area contributed by atoms with E-state index in [1.807, 2.05) is 0 Å². The molecule has 1 atom stereocenters. The van der Waals surface area contributed by atoms with E-state index in [2.05, 4.69) is 5.32 Å². The van der Waals surface area contributed by atoms with Crippen molar-refractivity contribution in [3.8, 4) is 0 Å². The molecule has 16 heavy (non-hydrogen) atoms. The van der Waals surface area contributed by atoms with Gasteiger partial charge in [0.05, 0.1) is 12.3 Å². The first-order valence-corrected chi connectivity index (χ1v) is 6.95. The van der Waals surface area contributed by atoms with E-state index in [1.54, 1.807) is 0 Å². The van der Waals surface area contributed by atoms with Gasteiger partial charge in [-0.3, -0.25) is 0 Å². The zero-order valence-electron chi connectivity index (χ0n) is 9.33. The molecule has 0 amide bonds. The second-order valence-corrected chi connectivity index (χ2v) is 6.28. The van der Waals surface area contributed by atoms with Crippen LogP contribution in [0.5, 0.6) is 0 Å². The molecule has 1 aliphatic rings. The first kappa shape index (κ1) is 13.8. The molecule has 0 aromatic heterocycles. The number of halogens is 2. The summed E-state index contributed by atoms with van der Waals surface area (Å²) < 4.78 is 48.3. The van der Waals surface area contributed by atoms with Gasteiger partial charge in [0.2, 0.25) is 10.0 Å². The predicted molar refractivity (Wildman–Crippen MR) is 58.0 cm³/mol. The summed E-state index contributed by atoms with van der Waals surface area (Å²) in [5.74, 6) is 0.00215. The summed E-state index contributed by atoms with van der Waals surface area (Å²) in [6.07, 6.45) is -0.836. The Morgan fingerprint density at radius 2 is 2.19 bits per heavy atom. The van der Waals surface area contributed by atoms with Crippen LogP contribution in [0.2, 0.25) is 0 Å². The number of hydrogen-bond acceptors (Lipinski definition) is 3. The zero-order valence-corrected chi connectivity index (χ0v) is 10.1. The Bertz CT molecular complexity index is 303. The van der Waals surface area contributed by atoms with E-state index in [0.29, 0.717) is 6.54 Å². The van der Waals surface area contributed by atoms with Crippen LogP contribution < -0.4 is 5.32 Å². The quantitative estimate of drug-likeness (QED) is 0.780. The van der Waals surface area contributed by atoms with Crippen LogP contribution in [0.1, 0.15) is 12.8 Å². The van der Waals surface area contributed by atoms with E-state index in [4.69, 9.17) is 0 Å². The Balaban J connectivity index is 2.49. The molecule has 4 nitrogen and oxygen atoms in total. The van der Waals surface area contributed by atoms with Crippen LogP contribution in [0.25, 0.3) is 0 Å². The van der Waals surface area contributed by atoms with Crippen LogP contribution in [0.4, 0.5) is 8.78 Å². The molecule has 0 aromatic rings. The first-order chi connectivity index (χ1) is 7.42. The fourth-order valence-corrected chi connectivity index (χ4v) is 3.27. The Hall–Kier alpha value is -0.270. The maximum Gasteiger partial charge on any atom is 0.252 e. The summed E-state index contributed by atoms with van der Waals surface area (Å²) in [7, 11) is -2.34. The molecule has 0 radical (unpaired) electrons. The minimum absolute atomic E-state index is 0.0385. The van der Waals surface area contributed by atoms with E-state index in [9.17, 15) is 17.2 Å². The van der Waals surface area contributed by atoms with E-state index in [1.165, 1.54) is 7.05 Å². The highest BCUT2D eigenvalue weighted by atomic mass is 32.2. The average Bonchev–Trinajstić information content (AvgIpc) is 2.17. The summed E-state index contributed by atoms with van der Waals surface area (Å²) in [6.45, 7) is 0.841. The molecule has 1 rings (SSSR count). The van der Waals surface area contributed by atoms with Gasteiger partial charge in [-0.25, -0.2) is 17.2 Å². The number of nitrogens with one attached hydrogen (secondary N) is 1. The van der Waals surface area contributed by atoms with Crippen molar-refractivity contribution in [2.24, 2.45) is 5.92 Å². The number of sulfonamides is 1. The van der Waals surface area contributed by atoms with Crippen molar-refractivity contribution in [1.82, 2.24) is 9.62 Å². The third-order valence-corrected chi connectivity index (χ3v) is 4.71. The fourth-order valence-electron chi connectivity index (χ4n) is 1.80. The van der Waals surface area contributed by atoms with Crippen molar-refractivity contribution in [3.63, 3.8) is 0 Å². The van der Waals surface area contributed by atoms with Crippen LogP contribution in [-0.4, -0.2) is 51.6 Å². The van der Waals surface area contributed by atoms with Crippen LogP contribution in [0.15, 0.2) is 0 Å². The lowest BCUT2D eigenvalue weighted by Gasteiger charge is -2.25. The second-order valence-electron chi connectivity index (χ2n) is 4.16. The molecule has 0 aromatic carbocycles. The molecule has 0 saturated carbocycles. The van der Waals surface area contributed by atoms with E-state index in [0.717, 1.165) is 23.7 Å². The molecule has 7 heteroatoms. The van der Waals surface area contributed by atoms with Crippen molar-refractivity contribution in [2.75, 3.05) is 32.4 Å². The van der Waals surface area contributed by atoms with Gasteiger partial charge < -0.3 is 5.32 Å². The Morgan fingerprint density at radius 3 is 2.69 bits per heavy atom. The summed E-state index contributed by atoms with van der Waals surface area (Å²) in [4.78, 5) is 0. The maximum absolute atomic E-state index is 12.1. The average molecular weight is 256 g/mol. The van der Waals surface area contributed by atoms with Gasteiger partial charge in [-0.2, -0.15) is 4.31 Å². The molecule has 1 unspecified atom stereocenters. The molecule has 1 N–H and O–H groups in total. The molecule has 1 heterocycles. The molecule has 96 valence electrons. The van der Waals surface area contributed by atoms with Crippen molar-refractivity contribution in [3.05, 3.63) is 0 Å². The molecule has 0 bridgehead atoms. The van der Waals surface area contributed by atoms with E-state index < -0.39 is 23.0 Å². The highest BCUT2D eigenvalue weighted by Crippen LogP contribution is 2.14. The van der Waals surface area contributed by atoms with Crippen LogP contribution in [0.3, 0.4) is 0 Å². The van der Waals surface area contributed by atoms with Crippen LogP contribution in [-0.2, 0) is 10.0 Å². The fraction of sp³-hybridized carbons (Fsp3) is 1.00.